The fourth-order valence-corrected chi connectivity index (χ4v) is 9.07. The van der Waals surface area contributed by atoms with E-state index in [1.54, 1.807) is 31.4 Å². The quantitative estimate of drug-likeness (QED) is 0.232. The maximum atomic E-state index is 12.6. The van der Waals surface area contributed by atoms with Crippen molar-refractivity contribution in [2.24, 2.45) is 28.6 Å². The lowest BCUT2D eigenvalue weighted by atomic mass is 9.48. The predicted octanol–water partition coefficient (Wildman–Crippen LogP) is 7.63. The van der Waals surface area contributed by atoms with E-state index in [1.165, 1.54) is 44.4 Å². The summed E-state index contributed by atoms with van der Waals surface area (Å²) in [5.41, 5.74) is 2.93. The van der Waals surface area contributed by atoms with Gasteiger partial charge in [-0.25, -0.2) is 0 Å². The minimum Gasteiger partial charge on any atom is -0.504 e. The molecule has 4 aliphatic rings. The number of aromatic hydroxyl groups is 1. The van der Waals surface area contributed by atoms with Crippen LogP contribution in [-0.4, -0.2) is 37.2 Å². The van der Waals surface area contributed by atoms with Crippen molar-refractivity contribution in [3.8, 4) is 28.4 Å². The van der Waals surface area contributed by atoms with E-state index in [9.17, 15) is 19.5 Å². The SMILES string of the molecule is CC(=O)OC1CCC2(C)C(=CCC3C4CCC(=O)C4(C)CCC32)C1.COc1ccc(-c2coc3c(OC)c(O)ccc3c2=O)cc1. The monoisotopic (exact) mass is 628 g/mol. The molecular formula is C38H44O8. The van der Waals surface area contributed by atoms with E-state index < -0.39 is 0 Å². The van der Waals surface area contributed by atoms with E-state index in [0.29, 0.717) is 40.2 Å². The third-order valence-corrected chi connectivity index (χ3v) is 11.6. The van der Waals surface area contributed by atoms with E-state index in [4.69, 9.17) is 18.6 Å². The third kappa shape index (κ3) is 5.39. The van der Waals surface area contributed by atoms with Gasteiger partial charge in [0.2, 0.25) is 11.2 Å². The molecule has 1 heterocycles. The van der Waals surface area contributed by atoms with E-state index in [-0.39, 0.29) is 45.4 Å². The molecular weight excluding hydrogens is 584 g/mol. The van der Waals surface area contributed by atoms with Crippen molar-refractivity contribution in [2.45, 2.75) is 78.2 Å². The number of allylic oxidation sites excluding steroid dienone is 1. The number of methoxy groups -OCH3 is 2. The molecule has 0 radical (unpaired) electrons. The normalized spacial score (nSPS) is 29.8. The Morgan fingerprint density at radius 3 is 2.35 bits per heavy atom. The molecule has 3 saturated carbocycles. The fraction of sp³-hybridized carbons (Fsp3) is 0.500. The van der Waals surface area contributed by atoms with Gasteiger partial charge in [0.15, 0.2) is 11.3 Å². The van der Waals surface area contributed by atoms with Crippen molar-refractivity contribution < 1.29 is 33.3 Å². The first-order chi connectivity index (χ1) is 22.0. The molecule has 2 aromatic carbocycles. The minimum absolute atomic E-state index is 0.0438. The van der Waals surface area contributed by atoms with Crippen LogP contribution in [0.15, 0.2) is 63.5 Å². The summed E-state index contributed by atoms with van der Waals surface area (Å²) in [6.07, 6.45) is 12.2. The van der Waals surface area contributed by atoms with Crippen LogP contribution >= 0.6 is 0 Å². The second-order valence-electron chi connectivity index (χ2n) is 13.9. The number of Topliss-reactive ketones (excluding diaryl/α,β-unsaturated/α-hetero) is 1. The maximum absolute atomic E-state index is 12.6. The molecule has 8 nitrogen and oxygen atoms in total. The summed E-state index contributed by atoms with van der Waals surface area (Å²) >= 11 is 0. The van der Waals surface area contributed by atoms with Gasteiger partial charge in [0.05, 0.1) is 25.2 Å². The number of carbonyl (C=O) groups excluding carboxylic acids is 2. The summed E-state index contributed by atoms with van der Waals surface area (Å²) in [5, 5.41) is 10.1. The van der Waals surface area contributed by atoms with Gasteiger partial charge in [-0.2, -0.15) is 0 Å². The fourth-order valence-electron chi connectivity index (χ4n) is 9.07. The lowest BCUT2D eigenvalue weighted by Crippen LogP contribution is -2.50. The van der Waals surface area contributed by atoms with E-state index >= 15 is 0 Å². The lowest BCUT2D eigenvalue weighted by molar-refractivity contribution is -0.148. The Kier molecular flexibility index (Phi) is 8.51. The number of hydrogen-bond donors (Lipinski definition) is 1. The first-order valence-electron chi connectivity index (χ1n) is 16.4. The van der Waals surface area contributed by atoms with Gasteiger partial charge < -0.3 is 23.7 Å². The largest absolute Gasteiger partial charge is 0.504 e. The Bertz CT molecular complexity index is 1740. The van der Waals surface area contributed by atoms with Crippen LogP contribution in [0, 0.1) is 28.6 Å². The molecule has 6 atom stereocenters. The number of benzene rings is 2. The topological polar surface area (TPSA) is 112 Å². The molecule has 46 heavy (non-hydrogen) atoms. The first-order valence-corrected chi connectivity index (χ1v) is 16.4. The highest BCUT2D eigenvalue weighted by Gasteiger charge is 2.58. The summed E-state index contributed by atoms with van der Waals surface area (Å²) in [4.78, 5) is 36.4. The highest BCUT2D eigenvalue weighted by atomic mass is 16.5. The molecule has 8 heteroatoms. The number of hydrogen-bond acceptors (Lipinski definition) is 8. The van der Waals surface area contributed by atoms with Gasteiger partial charge in [0, 0.05) is 25.2 Å². The number of phenolic OH excluding ortho intramolecular Hbond substituents is 1. The van der Waals surface area contributed by atoms with Crippen LogP contribution in [0.5, 0.6) is 17.2 Å². The Labute approximate surface area is 269 Å². The van der Waals surface area contributed by atoms with Crippen molar-refractivity contribution in [2.75, 3.05) is 14.2 Å². The van der Waals surface area contributed by atoms with Crippen LogP contribution in [0.1, 0.15) is 72.1 Å². The molecule has 0 spiro atoms. The van der Waals surface area contributed by atoms with Crippen molar-refractivity contribution in [1.29, 1.82) is 0 Å². The number of ether oxygens (including phenoxy) is 3. The molecule has 0 aliphatic heterocycles. The number of fused-ring (bicyclic) bond motifs is 6. The zero-order valence-corrected chi connectivity index (χ0v) is 27.4. The Hall–Kier alpha value is -4.07. The van der Waals surface area contributed by atoms with Crippen molar-refractivity contribution >= 4 is 22.7 Å². The smallest absolute Gasteiger partial charge is 0.302 e. The van der Waals surface area contributed by atoms with Gasteiger partial charge in [0.25, 0.3) is 0 Å². The van der Waals surface area contributed by atoms with Crippen LogP contribution in [0.2, 0.25) is 0 Å². The number of phenols is 1. The molecule has 6 unspecified atom stereocenters. The Balaban J connectivity index is 0.000000162. The minimum atomic E-state index is -0.190. The number of carbonyl (C=O) groups is 2. The van der Waals surface area contributed by atoms with E-state index in [0.717, 1.165) is 50.5 Å². The average Bonchev–Trinajstić information content (AvgIpc) is 3.35. The zero-order chi connectivity index (χ0) is 32.8. The molecule has 0 bridgehead atoms. The van der Waals surface area contributed by atoms with Crippen LogP contribution in [0.25, 0.3) is 22.1 Å². The highest BCUT2D eigenvalue weighted by Crippen LogP contribution is 2.64. The lowest BCUT2D eigenvalue weighted by Gasteiger charge is -2.56. The van der Waals surface area contributed by atoms with Crippen molar-refractivity contribution in [3.05, 3.63) is 64.5 Å². The van der Waals surface area contributed by atoms with Crippen LogP contribution in [0.4, 0.5) is 0 Å². The summed E-state index contributed by atoms with van der Waals surface area (Å²) in [6, 6.07) is 10.1. The van der Waals surface area contributed by atoms with Crippen LogP contribution in [0.3, 0.4) is 0 Å². The van der Waals surface area contributed by atoms with Gasteiger partial charge >= 0.3 is 5.97 Å². The second-order valence-corrected chi connectivity index (χ2v) is 13.9. The molecule has 7 rings (SSSR count). The number of rotatable bonds is 4. The molecule has 4 aliphatic carbocycles. The van der Waals surface area contributed by atoms with Crippen LogP contribution in [-0.2, 0) is 14.3 Å². The zero-order valence-electron chi connectivity index (χ0n) is 27.4. The third-order valence-electron chi connectivity index (χ3n) is 11.6. The van der Waals surface area contributed by atoms with E-state index in [1.807, 2.05) is 0 Å². The summed E-state index contributed by atoms with van der Waals surface area (Å²) < 4.78 is 21.2. The Morgan fingerprint density at radius 1 is 0.935 bits per heavy atom. The molecule has 3 aromatic rings. The molecule has 244 valence electrons. The Morgan fingerprint density at radius 2 is 1.65 bits per heavy atom. The molecule has 1 aromatic heterocycles. The van der Waals surface area contributed by atoms with Crippen molar-refractivity contribution in [3.63, 3.8) is 0 Å². The van der Waals surface area contributed by atoms with Gasteiger partial charge in [-0.05, 0) is 91.5 Å². The standard InChI is InChI=1S/C21H30O3.C17H14O5/c1-13(22)24-15-8-10-20(2)14(12-15)4-5-16-17-6-7-19(23)21(17,3)11-9-18(16)20;1-20-11-5-3-10(4-6-11)13-9-22-16-12(15(13)19)7-8-14(18)17(16)21-2/h4,15-18H,5-12H2,1-3H3;3-9,18H,1-2H3. The van der Waals surface area contributed by atoms with Gasteiger partial charge in [0.1, 0.15) is 23.9 Å². The molecule has 0 saturated heterocycles. The maximum Gasteiger partial charge on any atom is 0.302 e. The van der Waals surface area contributed by atoms with Gasteiger partial charge in [-0.1, -0.05) is 37.6 Å². The van der Waals surface area contributed by atoms with E-state index in [2.05, 4.69) is 19.9 Å². The van der Waals surface area contributed by atoms with Crippen molar-refractivity contribution in [1.82, 2.24) is 0 Å². The summed E-state index contributed by atoms with van der Waals surface area (Å²) in [5.74, 6) is 3.12. The predicted molar refractivity (Wildman–Crippen MR) is 175 cm³/mol. The van der Waals surface area contributed by atoms with Gasteiger partial charge in [-0.15, -0.1) is 0 Å². The molecule has 0 amide bonds. The van der Waals surface area contributed by atoms with Gasteiger partial charge in [-0.3, -0.25) is 14.4 Å². The summed E-state index contributed by atoms with van der Waals surface area (Å²) in [6.45, 7) is 6.19. The highest BCUT2D eigenvalue weighted by molar-refractivity contribution is 5.88. The second kappa shape index (κ2) is 12.3. The number of ketones is 1. The first kappa shape index (κ1) is 31.9. The number of esters is 1. The average molecular weight is 629 g/mol. The summed E-state index contributed by atoms with van der Waals surface area (Å²) in [7, 11) is 2.99. The molecule has 3 fully saturated rings. The molecule has 1 N–H and O–H groups in total. The van der Waals surface area contributed by atoms with Crippen LogP contribution < -0.4 is 14.9 Å².